The summed E-state index contributed by atoms with van der Waals surface area (Å²) in [5.41, 5.74) is -0.932. The van der Waals surface area contributed by atoms with E-state index in [2.05, 4.69) is 20.6 Å². The number of carbonyl (C=O) groups excluding carboxylic acids is 2. The van der Waals surface area contributed by atoms with E-state index in [1.54, 1.807) is 24.8 Å². The van der Waals surface area contributed by atoms with Crippen LogP contribution in [0.1, 0.15) is 0 Å². The molecule has 1 aliphatic heterocycles. The van der Waals surface area contributed by atoms with Crippen LogP contribution < -0.4 is 10.6 Å². The number of amides is 3. The second-order valence-corrected chi connectivity index (χ2v) is 7.03. The molecule has 0 aliphatic carbocycles. The highest BCUT2D eigenvalue weighted by atomic mass is 32.2. The number of hydrogen-bond acceptors (Lipinski definition) is 6. The predicted molar refractivity (Wildman–Crippen MR) is 89.3 cm³/mol. The fourth-order valence-electron chi connectivity index (χ4n) is 2.06. The summed E-state index contributed by atoms with van der Waals surface area (Å²) in [6.07, 6.45) is 6.81. The van der Waals surface area contributed by atoms with Crippen molar-refractivity contribution in [1.82, 2.24) is 20.6 Å². The second kappa shape index (κ2) is 7.01. The van der Waals surface area contributed by atoms with Gasteiger partial charge in [-0.1, -0.05) is 0 Å². The van der Waals surface area contributed by atoms with Crippen molar-refractivity contribution in [2.24, 2.45) is 0 Å². The van der Waals surface area contributed by atoms with Gasteiger partial charge in [-0.15, -0.1) is 23.5 Å². The first-order valence-electron chi connectivity index (χ1n) is 6.87. The minimum absolute atomic E-state index is 0.286. The molecule has 23 heavy (non-hydrogen) atoms. The van der Waals surface area contributed by atoms with Crippen molar-refractivity contribution in [3.63, 3.8) is 0 Å². The largest absolute Gasteiger partial charge is 0.322 e. The molecule has 3 heterocycles. The lowest BCUT2D eigenvalue weighted by Crippen LogP contribution is -2.51. The molecular formula is C15H14N4O2S2. The number of urea groups is 1. The zero-order valence-corrected chi connectivity index (χ0v) is 13.7. The summed E-state index contributed by atoms with van der Waals surface area (Å²) in [5, 5.41) is 5.13. The Bertz CT molecular complexity index is 654. The molecule has 118 valence electrons. The molecule has 1 aliphatic rings. The normalized spacial score (nSPS) is 16.0. The van der Waals surface area contributed by atoms with E-state index in [0.29, 0.717) is 11.5 Å². The van der Waals surface area contributed by atoms with Crippen LogP contribution in [0, 0.1) is 0 Å². The zero-order chi connectivity index (χ0) is 16.1. The molecule has 6 nitrogen and oxygen atoms in total. The van der Waals surface area contributed by atoms with Crippen molar-refractivity contribution < 1.29 is 9.59 Å². The fraction of sp³-hybridized carbons (Fsp3) is 0.200. The third-order valence-corrected chi connectivity index (χ3v) is 5.77. The summed E-state index contributed by atoms with van der Waals surface area (Å²) < 4.78 is 0. The third-order valence-electron chi connectivity index (χ3n) is 3.28. The lowest BCUT2D eigenvalue weighted by molar-refractivity contribution is -0.122. The Balaban J connectivity index is 1.72. The highest BCUT2D eigenvalue weighted by Crippen LogP contribution is 2.29. The molecule has 0 spiro atoms. The standard InChI is InChI=1S/C15H14N4O2S2/c20-13-15(19-14(21)18-13,9-22-11-1-5-16-6-2-11)10-23-12-3-7-17-8-4-12/h1-8H,9-10H2,(H2,18,19,20,21). The molecule has 1 fully saturated rings. The van der Waals surface area contributed by atoms with Gasteiger partial charge in [0.2, 0.25) is 0 Å². The van der Waals surface area contributed by atoms with Gasteiger partial charge in [0.05, 0.1) is 0 Å². The van der Waals surface area contributed by atoms with Crippen molar-refractivity contribution in [2.75, 3.05) is 11.5 Å². The van der Waals surface area contributed by atoms with Gasteiger partial charge in [-0.25, -0.2) is 4.79 Å². The molecule has 0 atom stereocenters. The SMILES string of the molecule is O=C1NC(=O)C(CSc2ccncc2)(CSc2ccncc2)N1. The molecule has 0 bridgehead atoms. The van der Waals surface area contributed by atoms with E-state index in [9.17, 15) is 9.59 Å². The van der Waals surface area contributed by atoms with Crippen LogP contribution in [-0.4, -0.2) is 39.0 Å². The maximum atomic E-state index is 12.3. The number of nitrogens with one attached hydrogen (secondary N) is 2. The second-order valence-electron chi connectivity index (χ2n) is 4.93. The van der Waals surface area contributed by atoms with Gasteiger partial charge in [0.1, 0.15) is 5.54 Å². The molecule has 0 aromatic carbocycles. The van der Waals surface area contributed by atoms with E-state index in [0.717, 1.165) is 9.79 Å². The summed E-state index contributed by atoms with van der Waals surface area (Å²) in [6.45, 7) is 0. The monoisotopic (exact) mass is 346 g/mol. The molecule has 8 heteroatoms. The first-order chi connectivity index (χ1) is 11.2. The van der Waals surface area contributed by atoms with Crippen LogP contribution in [0.4, 0.5) is 4.79 Å². The fourth-order valence-corrected chi connectivity index (χ4v) is 4.25. The van der Waals surface area contributed by atoms with Gasteiger partial charge in [0.25, 0.3) is 5.91 Å². The van der Waals surface area contributed by atoms with Crippen LogP contribution >= 0.6 is 23.5 Å². The van der Waals surface area contributed by atoms with Gasteiger partial charge in [0.15, 0.2) is 0 Å². The van der Waals surface area contributed by atoms with Crippen LogP contribution in [0.15, 0.2) is 58.8 Å². The number of aromatic nitrogens is 2. The van der Waals surface area contributed by atoms with E-state index in [4.69, 9.17) is 0 Å². The predicted octanol–water partition coefficient (Wildman–Crippen LogP) is 1.94. The molecule has 3 rings (SSSR count). The quantitative estimate of drug-likeness (QED) is 0.614. The van der Waals surface area contributed by atoms with E-state index in [1.165, 1.54) is 23.5 Å². The molecular weight excluding hydrogens is 332 g/mol. The van der Waals surface area contributed by atoms with Crippen LogP contribution in [0.5, 0.6) is 0 Å². The molecule has 2 N–H and O–H groups in total. The van der Waals surface area contributed by atoms with Crippen LogP contribution in [0.2, 0.25) is 0 Å². The Morgan fingerprint density at radius 1 is 0.870 bits per heavy atom. The van der Waals surface area contributed by atoms with E-state index in [-0.39, 0.29) is 5.91 Å². The first kappa shape index (κ1) is 15.8. The number of nitrogens with zero attached hydrogens (tertiary/aromatic N) is 2. The van der Waals surface area contributed by atoms with Gasteiger partial charge in [-0.3, -0.25) is 20.1 Å². The Morgan fingerprint density at radius 3 is 1.74 bits per heavy atom. The molecule has 3 amide bonds. The highest BCUT2D eigenvalue weighted by Gasteiger charge is 2.46. The van der Waals surface area contributed by atoms with Crippen LogP contribution in [0.3, 0.4) is 0 Å². The number of hydrogen-bond donors (Lipinski definition) is 2. The average molecular weight is 346 g/mol. The average Bonchev–Trinajstić information content (AvgIpc) is 2.87. The molecule has 2 aromatic rings. The number of pyridine rings is 2. The van der Waals surface area contributed by atoms with Crippen LogP contribution in [0.25, 0.3) is 0 Å². The van der Waals surface area contributed by atoms with Gasteiger partial charge >= 0.3 is 6.03 Å². The minimum Gasteiger partial charge on any atom is -0.322 e. The molecule has 1 saturated heterocycles. The summed E-state index contributed by atoms with van der Waals surface area (Å²) in [7, 11) is 0. The lowest BCUT2D eigenvalue weighted by atomic mass is 10.1. The van der Waals surface area contributed by atoms with Crippen molar-refractivity contribution in [2.45, 2.75) is 15.3 Å². The van der Waals surface area contributed by atoms with Gasteiger partial charge in [-0.2, -0.15) is 0 Å². The Morgan fingerprint density at radius 2 is 1.35 bits per heavy atom. The molecule has 0 saturated carbocycles. The Hall–Kier alpha value is -2.06. The molecule has 0 unspecified atom stereocenters. The maximum absolute atomic E-state index is 12.3. The molecule has 2 aromatic heterocycles. The topological polar surface area (TPSA) is 84.0 Å². The van der Waals surface area contributed by atoms with Crippen molar-refractivity contribution >= 4 is 35.5 Å². The summed E-state index contributed by atoms with van der Waals surface area (Å²) in [6, 6.07) is 7.07. The van der Waals surface area contributed by atoms with Crippen molar-refractivity contribution in [3.05, 3.63) is 49.1 Å². The van der Waals surface area contributed by atoms with Gasteiger partial charge in [0, 0.05) is 46.1 Å². The van der Waals surface area contributed by atoms with Gasteiger partial charge < -0.3 is 5.32 Å². The number of rotatable bonds is 6. The smallest absolute Gasteiger partial charge is 0.322 e. The van der Waals surface area contributed by atoms with Crippen LogP contribution in [-0.2, 0) is 4.79 Å². The summed E-state index contributed by atoms with van der Waals surface area (Å²) in [4.78, 5) is 33.9. The summed E-state index contributed by atoms with van der Waals surface area (Å²) >= 11 is 3.03. The van der Waals surface area contributed by atoms with Gasteiger partial charge in [-0.05, 0) is 24.3 Å². The van der Waals surface area contributed by atoms with Crippen molar-refractivity contribution in [3.8, 4) is 0 Å². The summed E-state index contributed by atoms with van der Waals surface area (Å²) in [5.74, 6) is 0.616. The highest BCUT2D eigenvalue weighted by molar-refractivity contribution is 8.00. The van der Waals surface area contributed by atoms with E-state index < -0.39 is 11.6 Å². The number of imide groups is 1. The zero-order valence-electron chi connectivity index (χ0n) is 12.1. The van der Waals surface area contributed by atoms with E-state index >= 15 is 0 Å². The van der Waals surface area contributed by atoms with E-state index in [1.807, 2.05) is 24.3 Å². The first-order valence-corrected chi connectivity index (χ1v) is 8.84. The maximum Gasteiger partial charge on any atom is 0.322 e. The number of carbonyl (C=O) groups is 2. The minimum atomic E-state index is -0.932. The Labute approximate surface area is 141 Å². The van der Waals surface area contributed by atoms with Crippen molar-refractivity contribution in [1.29, 1.82) is 0 Å². The number of thioether (sulfide) groups is 2. The lowest BCUT2D eigenvalue weighted by Gasteiger charge is -2.25. The third kappa shape index (κ3) is 3.83. The Kier molecular flexibility index (Phi) is 4.82. The molecule has 0 radical (unpaired) electrons.